The summed E-state index contributed by atoms with van der Waals surface area (Å²) < 4.78 is 15.3. The van der Waals surface area contributed by atoms with Crippen LogP contribution in [0.2, 0.25) is 0 Å². The number of carbonyl (C=O) groups is 3. The molecular formula is C22H19NO6. The maximum Gasteiger partial charge on any atom is 0.344 e. The van der Waals surface area contributed by atoms with Gasteiger partial charge in [-0.05, 0) is 29.3 Å². The quantitative estimate of drug-likeness (QED) is 0.592. The normalized spacial score (nSPS) is 10.2. The second-order valence-electron chi connectivity index (χ2n) is 6.07. The van der Waals surface area contributed by atoms with Gasteiger partial charge in [-0.1, -0.05) is 48.5 Å². The van der Waals surface area contributed by atoms with Gasteiger partial charge in [0.1, 0.15) is 5.75 Å². The maximum absolute atomic E-state index is 11.9. The molecule has 29 heavy (non-hydrogen) atoms. The Kier molecular flexibility index (Phi) is 6.78. The minimum absolute atomic E-state index is 0.0111. The molecule has 148 valence electrons. The number of rotatable bonds is 8. The first-order chi connectivity index (χ1) is 14.1. The molecule has 1 N–H and O–H groups in total. The van der Waals surface area contributed by atoms with Crippen LogP contribution in [0.1, 0.15) is 21.7 Å². The van der Waals surface area contributed by atoms with Crippen molar-refractivity contribution in [2.24, 2.45) is 0 Å². The van der Waals surface area contributed by atoms with Crippen LogP contribution in [0.3, 0.4) is 0 Å². The van der Waals surface area contributed by atoms with Crippen molar-refractivity contribution in [3.05, 3.63) is 89.9 Å². The lowest BCUT2D eigenvalue weighted by Crippen LogP contribution is -2.34. The van der Waals surface area contributed by atoms with Crippen molar-refractivity contribution in [1.82, 2.24) is 5.32 Å². The molecule has 0 unspecified atom stereocenters. The molecule has 0 atom stereocenters. The minimum Gasteiger partial charge on any atom is -0.482 e. The molecule has 0 saturated carbocycles. The Morgan fingerprint density at radius 1 is 0.862 bits per heavy atom. The zero-order valence-corrected chi connectivity index (χ0v) is 15.5. The van der Waals surface area contributed by atoms with E-state index in [1.54, 1.807) is 6.07 Å². The standard InChI is InChI=1S/C22H19NO6/c24-20(23-22(26)19-11-6-12-27-19)14-29-21(25)15-28-18-10-5-4-9-17(18)13-16-7-2-1-3-8-16/h1-12H,13-15H2,(H,23,24,26). The van der Waals surface area contributed by atoms with E-state index in [1.165, 1.54) is 18.4 Å². The molecule has 1 heterocycles. The van der Waals surface area contributed by atoms with E-state index in [4.69, 9.17) is 13.9 Å². The number of hydrogen-bond donors (Lipinski definition) is 1. The van der Waals surface area contributed by atoms with Gasteiger partial charge in [0.2, 0.25) is 0 Å². The summed E-state index contributed by atoms with van der Waals surface area (Å²) in [5, 5.41) is 2.06. The van der Waals surface area contributed by atoms with Crippen molar-refractivity contribution in [3.8, 4) is 5.75 Å². The maximum atomic E-state index is 11.9. The minimum atomic E-state index is -0.760. The highest BCUT2D eigenvalue weighted by Gasteiger charge is 2.15. The first-order valence-electron chi connectivity index (χ1n) is 8.90. The van der Waals surface area contributed by atoms with Gasteiger partial charge in [-0.15, -0.1) is 0 Å². The summed E-state index contributed by atoms with van der Waals surface area (Å²) in [4.78, 5) is 35.2. The molecule has 0 aliphatic heterocycles. The zero-order valence-electron chi connectivity index (χ0n) is 15.5. The number of hydrogen-bond acceptors (Lipinski definition) is 6. The molecule has 0 spiro atoms. The fourth-order valence-corrected chi connectivity index (χ4v) is 2.56. The zero-order chi connectivity index (χ0) is 20.5. The summed E-state index contributed by atoms with van der Waals surface area (Å²) in [7, 11) is 0. The van der Waals surface area contributed by atoms with Gasteiger partial charge in [-0.25, -0.2) is 4.79 Å². The number of carbonyl (C=O) groups excluding carboxylic acids is 3. The molecule has 7 heteroatoms. The van der Waals surface area contributed by atoms with Crippen molar-refractivity contribution in [1.29, 1.82) is 0 Å². The smallest absolute Gasteiger partial charge is 0.344 e. The average molecular weight is 393 g/mol. The lowest BCUT2D eigenvalue weighted by molar-refractivity contribution is -0.150. The van der Waals surface area contributed by atoms with Crippen LogP contribution in [0.4, 0.5) is 0 Å². The fraction of sp³-hybridized carbons (Fsp3) is 0.136. The topological polar surface area (TPSA) is 94.8 Å². The van der Waals surface area contributed by atoms with E-state index in [1.807, 2.05) is 48.5 Å². The summed E-state index contributed by atoms with van der Waals surface area (Å²) in [6.45, 7) is -0.953. The summed E-state index contributed by atoms with van der Waals surface area (Å²) in [6.07, 6.45) is 1.97. The highest BCUT2D eigenvalue weighted by atomic mass is 16.6. The Balaban J connectivity index is 1.46. The van der Waals surface area contributed by atoms with E-state index in [2.05, 4.69) is 5.32 Å². The highest BCUT2D eigenvalue weighted by Crippen LogP contribution is 2.21. The van der Waals surface area contributed by atoms with Gasteiger partial charge < -0.3 is 13.9 Å². The van der Waals surface area contributed by atoms with Gasteiger partial charge in [0.05, 0.1) is 6.26 Å². The third-order valence-electron chi connectivity index (χ3n) is 3.92. The average Bonchev–Trinajstić information content (AvgIpc) is 3.27. The van der Waals surface area contributed by atoms with Gasteiger partial charge in [-0.3, -0.25) is 14.9 Å². The third kappa shape index (κ3) is 6.07. The van der Waals surface area contributed by atoms with Crippen molar-refractivity contribution in [3.63, 3.8) is 0 Å². The second-order valence-corrected chi connectivity index (χ2v) is 6.07. The van der Waals surface area contributed by atoms with Crippen LogP contribution >= 0.6 is 0 Å². The van der Waals surface area contributed by atoms with Crippen molar-refractivity contribution < 1.29 is 28.3 Å². The molecule has 0 bridgehead atoms. The van der Waals surface area contributed by atoms with E-state index >= 15 is 0 Å². The number of benzene rings is 2. The Labute approximate surface area is 167 Å². The van der Waals surface area contributed by atoms with Crippen LogP contribution in [-0.4, -0.2) is 31.0 Å². The second kappa shape index (κ2) is 9.89. The SMILES string of the molecule is O=C(COC(=O)COc1ccccc1Cc1ccccc1)NC(=O)c1ccco1. The molecule has 3 aromatic rings. The summed E-state index contributed by atoms with van der Waals surface area (Å²) in [5.74, 6) is -1.64. The summed E-state index contributed by atoms with van der Waals surface area (Å²) in [6, 6.07) is 20.2. The first kappa shape index (κ1) is 19.9. The van der Waals surface area contributed by atoms with Crippen LogP contribution < -0.4 is 10.1 Å². The van der Waals surface area contributed by atoms with E-state index < -0.39 is 24.4 Å². The number of esters is 1. The number of imide groups is 1. The molecule has 0 saturated heterocycles. The molecule has 0 aliphatic rings. The van der Waals surface area contributed by atoms with Crippen LogP contribution in [0.5, 0.6) is 5.75 Å². The highest BCUT2D eigenvalue weighted by molar-refractivity contribution is 6.03. The molecule has 7 nitrogen and oxygen atoms in total. The van der Waals surface area contributed by atoms with Crippen molar-refractivity contribution >= 4 is 17.8 Å². The van der Waals surface area contributed by atoms with Gasteiger partial charge in [-0.2, -0.15) is 0 Å². The van der Waals surface area contributed by atoms with E-state index in [-0.39, 0.29) is 12.4 Å². The molecule has 0 radical (unpaired) electrons. The first-order valence-corrected chi connectivity index (χ1v) is 8.90. The largest absolute Gasteiger partial charge is 0.482 e. The van der Waals surface area contributed by atoms with E-state index in [0.29, 0.717) is 12.2 Å². The van der Waals surface area contributed by atoms with Crippen LogP contribution in [0.15, 0.2) is 77.4 Å². The number of para-hydroxylation sites is 1. The number of ether oxygens (including phenoxy) is 2. The van der Waals surface area contributed by atoms with Crippen LogP contribution in [0, 0.1) is 0 Å². The number of nitrogens with one attached hydrogen (secondary N) is 1. The number of amides is 2. The Bertz CT molecular complexity index is 966. The lowest BCUT2D eigenvalue weighted by Gasteiger charge is -2.11. The fourth-order valence-electron chi connectivity index (χ4n) is 2.56. The van der Waals surface area contributed by atoms with E-state index in [9.17, 15) is 14.4 Å². The molecule has 2 amide bonds. The third-order valence-corrected chi connectivity index (χ3v) is 3.92. The van der Waals surface area contributed by atoms with Gasteiger partial charge >= 0.3 is 5.97 Å². The Morgan fingerprint density at radius 2 is 1.62 bits per heavy atom. The van der Waals surface area contributed by atoms with Gasteiger partial charge in [0, 0.05) is 6.42 Å². The molecule has 2 aromatic carbocycles. The lowest BCUT2D eigenvalue weighted by atomic mass is 10.0. The van der Waals surface area contributed by atoms with Crippen LogP contribution in [0.25, 0.3) is 0 Å². The summed E-state index contributed by atoms with van der Waals surface area (Å²) in [5.41, 5.74) is 2.04. The summed E-state index contributed by atoms with van der Waals surface area (Å²) >= 11 is 0. The predicted octanol–water partition coefficient (Wildman–Crippen LogP) is 2.75. The van der Waals surface area contributed by atoms with Crippen molar-refractivity contribution in [2.75, 3.05) is 13.2 Å². The van der Waals surface area contributed by atoms with E-state index in [0.717, 1.165) is 11.1 Å². The van der Waals surface area contributed by atoms with Crippen LogP contribution in [-0.2, 0) is 20.7 Å². The molecule has 0 aliphatic carbocycles. The molecule has 3 rings (SSSR count). The number of furan rings is 1. The molecule has 0 fully saturated rings. The molecule has 1 aromatic heterocycles. The Hall–Kier alpha value is -3.87. The Morgan fingerprint density at radius 3 is 2.38 bits per heavy atom. The van der Waals surface area contributed by atoms with Crippen molar-refractivity contribution in [2.45, 2.75) is 6.42 Å². The van der Waals surface area contributed by atoms with Gasteiger partial charge in [0.15, 0.2) is 19.0 Å². The molecular weight excluding hydrogens is 374 g/mol. The monoisotopic (exact) mass is 393 g/mol. The van der Waals surface area contributed by atoms with Gasteiger partial charge in [0.25, 0.3) is 11.8 Å². The predicted molar refractivity (Wildman–Crippen MR) is 103 cm³/mol.